The number of H-pyrrole nitrogens is 1. The van der Waals surface area contributed by atoms with Crippen molar-refractivity contribution in [1.29, 1.82) is 0 Å². The molecule has 0 radical (unpaired) electrons. The molecule has 1 aromatic carbocycles. The van der Waals surface area contributed by atoms with Crippen LogP contribution in [-0.2, 0) is 17.5 Å². The number of hydrogen-bond donors (Lipinski definition) is 1. The Balaban J connectivity index is 0.000000327. The molecule has 1 amide bonds. The smallest absolute Gasteiger partial charge is 0.352 e. The number of rotatable bonds is 3. The van der Waals surface area contributed by atoms with Gasteiger partial charge < -0.3 is 9.80 Å². The summed E-state index contributed by atoms with van der Waals surface area (Å²) in [6.45, 7) is 8.31. The summed E-state index contributed by atoms with van der Waals surface area (Å²) >= 11 is 8.58. The molecule has 5 aromatic rings. The molecule has 0 bridgehead atoms. The van der Waals surface area contributed by atoms with Gasteiger partial charge in [0, 0.05) is 64.0 Å². The van der Waals surface area contributed by atoms with E-state index in [1.54, 1.807) is 28.6 Å². The Morgan fingerprint density at radius 1 is 1.17 bits per heavy atom. The molecule has 6 heterocycles. The van der Waals surface area contributed by atoms with E-state index in [4.69, 9.17) is 11.6 Å². The molecule has 0 spiro atoms. The lowest BCUT2D eigenvalue weighted by atomic mass is 10.0. The van der Waals surface area contributed by atoms with E-state index in [0.717, 1.165) is 17.4 Å². The van der Waals surface area contributed by atoms with Crippen LogP contribution in [0.2, 0.25) is 5.02 Å². The molecular weight excluding hydrogens is 675 g/mol. The molecule has 4 aromatic heterocycles. The molecular formula is C31H29ClF3N7O3S2. The third kappa shape index (κ3) is 6.19. The van der Waals surface area contributed by atoms with Gasteiger partial charge in [0.2, 0.25) is 5.91 Å². The number of benzene rings is 1. The topological polar surface area (TPSA) is 109 Å². The molecule has 2 aliphatic heterocycles. The van der Waals surface area contributed by atoms with E-state index in [2.05, 4.69) is 21.8 Å². The molecule has 2 atom stereocenters. The van der Waals surface area contributed by atoms with Gasteiger partial charge in [-0.2, -0.15) is 23.3 Å². The number of aromatic amines is 1. The highest BCUT2D eigenvalue weighted by Crippen LogP contribution is 2.49. The van der Waals surface area contributed by atoms with E-state index in [9.17, 15) is 27.6 Å². The molecule has 1 N–H and O–H groups in total. The second-order valence-electron chi connectivity index (χ2n) is 11.2. The summed E-state index contributed by atoms with van der Waals surface area (Å²) in [6.07, 6.45) is -1.10. The fourth-order valence-electron chi connectivity index (χ4n) is 6.18. The summed E-state index contributed by atoms with van der Waals surface area (Å²) < 4.78 is 46.6. The largest absolute Gasteiger partial charge is 0.417 e. The number of nitrogens with one attached hydrogen (secondary N) is 1. The maximum absolute atomic E-state index is 14.6. The highest BCUT2D eigenvalue weighted by atomic mass is 35.5. The molecule has 0 aliphatic carbocycles. The molecule has 7 rings (SSSR count). The SMILES string of the molecule is C=CC(=O)N1C(C)CN(c2nc(=O)n3c4c(c(-c5cc(Cl)cs5)c(C(F)(F)F)cc24)SCCC3)CC1C.O=c1[nH]nc2ccccn12. The highest BCUT2D eigenvalue weighted by Gasteiger charge is 2.39. The summed E-state index contributed by atoms with van der Waals surface area (Å²) in [5, 5.41) is 8.33. The minimum absolute atomic E-state index is 0.0530. The summed E-state index contributed by atoms with van der Waals surface area (Å²) in [6, 6.07) is 7.52. The molecule has 2 unspecified atom stereocenters. The van der Waals surface area contributed by atoms with Crippen molar-refractivity contribution in [2.45, 2.75) is 50.0 Å². The van der Waals surface area contributed by atoms with Gasteiger partial charge in [0.15, 0.2) is 5.65 Å². The van der Waals surface area contributed by atoms with Crippen LogP contribution in [0.4, 0.5) is 19.0 Å². The maximum Gasteiger partial charge on any atom is 0.417 e. The number of thioether (sulfide) groups is 1. The molecule has 10 nitrogen and oxygen atoms in total. The zero-order chi connectivity index (χ0) is 33.6. The number of carbonyl (C=O) groups excluding carboxylic acids is 1. The number of carbonyl (C=O) groups is 1. The Morgan fingerprint density at radius 2 is 1.91 bits per heavy atom. The molecule has 16 heteroatoms. The van der Waals surface area contributed by atoms with Crippen molar-refractivity contribution >= 4 is 63.0 Å². The van der Waals surface area contributed by atoms with Crippen molar-refractivity contribution in [2.24, 2.45) is 0 Å². The Kier molecular flexibility index (Phi) is 8.98. The Labute approximate surface area is 279 Å². The number of thiophene rings is 1. The second-order valence-corrected chi connectivity index (χ2v) is 13.7. The average Bonchev–Trinajstić information content (AvgIpc) is 3.55. The van der Waals surface area contributed by atoms with Crippen molar-refractivity contribution in [3.8, 4) is 10.4 Å². The maximum atomic E-state index is 14.6. The number of amides is 1. The molecule has 246 valence electrons. The van der Waals surface area contributed by atoms with Crippen LogP contribution in [0, 0.1) is 0 Å². The third-order valence-electron chi connectivity index (χ3n) is 8.06. The first-order valence-corrected chi connectivity index (χ1v) is 16.9. The number of aromatic nitrogens is 5. The normalized spacial score (nSPS) is 18.2. The van der Waals surface area contributed by atoms with Gasteiger partial charge in [0.25, 0.3) is 0 Å². The van der Waals surface area contributed by atoms with Crippen molar-refractivity contribution < 1.29 is 18.0 Å². The van der Waals surface area contributed by atoms with Gasteiger partial charge in [0.05, 0.1) is 16.1 Å². The molecule has 2 aliphatic rings. The van der Waals surface area contributed by atoms with E-state index >= 15 is 0 Å². The highest BCUT2D eigenvalue weighted by molar-refractivity contribution is 7.99. The van der Waals surface area contributed by atoms with Crippen LogP contribution in [0.3, 0.4) is 0 Å². The van der Waals surface area contributed by atoms with Gasteiger partial charge in [0.1, 0.15) is 5.82 Å². The van der Waals surface area contributed by atoms with Crippen LogP contribution in [0.15, 0.2) is 69.0 Å². The third-order valence-corrected chi connectivity index (χ3v) is 10.5. The molecule has 47 heavy (non-hydrogen) atoms. The van der Waals surface area contributed by atoms with Gasteiger partial charge in [-0.1, -0.05) is 24.2 Å². The van der Waals surface area contributed by atoms with Crippen molar-refractivity contribution in [2.75, 3.05) is 23.7 Å². The average molecular weight is 704 g/mol. The molecule has 1 fully saturated rings. The van der Waals surface area contributed by atoms with Gasteiger partial charge in [-0.25, -0.2) is 14.7 Å². The van der Waals surface area contributed by atoms with Crippen LogP contribution in [0.25, 0.3) is 27.0 Å². The number of aryl methyl sites for hydroxylation is 1. The van der Waals surface area contributed by atoms with Gasteiger partial charge in [-0.05, 0) is 56.4 Å². The Bertz CT molecular complexity index is 2110. The zero-order valence-electron chi connectivity index (χ0n) is 25.3. The first kappa shape index (κ1) is 32.8. The van der Waals surface area contributed by atoms with E-state index in [0.29, 0.717) is 57.8 Å². The van der Waals surface area contributed by atoms with E-state index < -0.39 is 17.4 Å². The Hall–Kier alpha value is -4.08. The quantitative estimate of drug-likeness (QED) is 0.232. The summed E-state index contributed by atoms with van der Waals surface area (Å²) in [5.41, 5.74) is -0.306. The van der Waals surface area contributed by atoms with E-state index in [1.165, 1.54) is 32.9 Å². The monoisotopic (exact) mass is 703 g/mol. The number of pyridine rings is 1. The van der Waals surface area contributed by atoms with Crippen LogP contribution in [0.1, 0.15) is 25.8 Å². The number of hydrogen-bond acceptors (Lipinski definition) is 8. The van der Waals surface area contributed by atoms with Crippen molar-refractivity contribution in [1.82, 2.24) is 29.0 Å². The number of nitrogens with zero attached hydrogens (tertiary/aromatic N) is 6. The fraction of sp³-hybridized carbons (Fsp3) is 0.323. The van der Waals surface area contributed by atoms with Crippen LogP contribution in [0.5, 0.6) is 0 Å². The lowest BCUT2D eigenvalue weighted by Crippen LogP contribution is -2.58. The number of anilines is 1. The van der Waals surface area contributed by atoms with Crippen LogP contribution < -0.4 is 16.3 Å². The minimum Gasteiger partial charge on any atom is -0.352 e. The Morgan fingerprint density at radius 3 is 2.55 bits per heavy atom. The minimum atomic E-state index is -4.64. The first-order valence-electron chi connectivity index (χ1n) is 14.7. The first-order chi connectivity index (χ1) is 22.4. The van der Waals surface area contributed by atoms with Crippen molar-refractivity contribution in [3.05, 3.63) is 86.1 Å². The summed E-state index contributed by atoms with van der Waals surface area (Å²) in [4.78, 5) is 45.1. The summed E-state index contributed by atoms with van der Waals surface area (Å²) in [7, 11) is 0. The predicted octanol–water partition coefficient (Wildman–Crippen LogP) is 5.93. The van der Waals surface area contributed by atoms with E-state index in [-0.39, 0.29) is 40.4 Å². The lowest BCUT2D eigenvalue weighted by Gasteiger charge is -2.44. The van der Waals surface area contributed by atoms with Gasteiger partial charge in [-0.3, -0.25) is 13.8 Å². The number of piperazine rings is 1. The number of alkyl halides is 3. The second kappa shape index (κ2) is 12.8. The van der Waals surface area contributed by atoms with Crippen molar-refractivity contribution in [3.63, 3.8) is 0 Å². The standard InChI is InChI=1S/C25H24ClF3N4O2S2.C6H5N3O/c1-4-19(34)33-13(2)10-31(11-14(33)3)23-16-9-17(25(27,28)29)20(18-8-15(26)12-37-18)22-21(16)32(24(35)30-23)6-5-7-36-22;10-6-8-7-5-3-1-2-4-9(5)6/h4,8-9,12-14H,1,5-7,10-11H2,2-3H3;1-4H,(H,8,10). The molecule has 1 saturated heterocycles. The number of halogens is 4. The summed E-state index contributed by atoms with van der Waals surface area (Å²) in [5.74, 6) is 0.566. The van der Waals surface area contributed by atoms with Crippen LogP contribution in [-0.4, -0.2) is 65.9 Å². The number of fused-ring (bicyclic) bond motifs is 1. The van der Waals surface area contributed by atoms with Gasteiger partial charge >= 0.3 is 17.6 Å². The predicted molar refractivity (Wildman–Crippen MR) is 179 cm³/mol. The lowest BCUT2D eigenvalue weighted by molar-refractivity contribution is -0.137. The molecule has 0 saturated carbocycles. The van der Waals surface area contributed by atoms with Crippen LogP contribution >= 0.6 is 34.7 Å². The van der Waals surface area contributed by atoms with Gasteiger partial charge in [-0.15, -0.1) is 23.1 Å². The van der Waals surface area contributed by atoms with E-state index in [1.807, 2.05) is 24.8 Å². The fourth-order valence-corrected chi connectivity index (χ4v) is 8.59. The zero-order valence-corrected chi connectivity index (χ0v) is 27.6.